The van der Waals surface area contributed by atoms with Gasteiger partial charge in [0.2, 0.25) is 0 Å². The summed E-state index contributed by atoms with van der Waals surface area (Å²) in [4.78, 5) is 25.6. The molecular weight excluding hydrogens is 490 g/mol. The second-order valence-corrected chi connectivity index (χ2v) is 9.71. The maximum atomic E-state index is 12.8. The molecule has 2 bridgehead atoms. The predicted molar refractivity (Wildman–Crippen MR) is 114 cm³/mol. The molecule has 36 heavy (non-hydrogen) atoms. The molecule has 0 amide bonds. The first-order valence-electron chi connectivity index (χ1n) is 11.7. The van der Waals surface area contributed by atoms with E-state index in [9.17, 15) is 35.9 Å². The lowest BCUT2D eigenvalue weighted by Crippen LogP contribution is -2.45. The molecule has 5 rings (SSSR count). The second-order valence-electron chi connectivity index (χ2n) is 9.71. The molecule has 3 aliphatic carbocycles. The van der Waals surface area contributed by atoms with Gasteiger partial charge in [0, 0.05) is 11.8 Å². The Balaban J connectivity index is 1.34. The number of rotatable bonds is 4. The van der Waals surface area contributed by atoms with E-state index in [0.29, 0.717) is 18.3 Å². The van der Waals surface area contributed by atoms with E-state index in [1.807, 2.05) is 0 Å². The Kier molecular flexibility index (Phi) is 6.03. The first-order valence-corrected chi connectivity index (χ1v) is 11.7. The highest BCUT2D eigenvalue weighted by molar-refractivity contribution is 5.90. The van der Waals surface area contributed by atoms with Gasteiger partial charge in [0.1, 0.15) is 12.2 Å². The highest BCUT2D eigenvalue weighted by Crippen LogP contribution is 2.60. The fraction of sp³-hybridized carbons (Fsp3) is 0.462. The van der Waals surface area contributed by atoms with E-state index >= 15 is 0 Å². The van der Waals surface area contributed by atoms with E-state index < -0.39 is 47.6 Å². The van der Waals surface area contributed by atoms with Crippen LogP contribution in [-0.2, 0) is 21.8 Å². The van der Waals surface area contributed by atoms with Crippen LogP contribution in [0, 0.1) is 23.7 Å². The number of hydrogen-bond donors (Lipinski definition) is 0. The van der Waals surface area contributed by atoms with Crippen molar-refractivity contribution >= 4 is 11.9 Å². The third-order valence-electron chi connectivity index (χ3n) is 7.82. The minimum atomic E-state index is -4.54. The highest BCUT2D eigenvalue weighted by Gasteiger charge is 2.62. The molecule has 0 heterocycles. The van der Waals surface area contributed by atoms with Crippen molar-refractivity contribution in [1.82, 2.24) is 0 Å². The predicted octanol–water partition coefficient (Wildman–Crippen LogP) is 6.54. The van der Waals surface area contributed by atoms with Gasteiger partial charge in [-0.15, -0.1) is 0 Å². The van der Waals surface area contributed by atoms with Gasteiger partial charge in [0.15, 0.2) is 0 Å². The van der Waals surface area contributed by atoms with Crippen molar-refractivity contribution in [3.05, 3.63) is 70.8 Å². The first kappa shape index (κ1) is 24.6. The molecule has 0 aromatic heterocycles. The number of halogens is 6. The fourth-order valence-electron chi connectivity index (χ4n) is 6.27. The van der Waals surface area contributed by atoms with E-state index in [2.05, 4.69) is 0 Å². The third-order valence-corrected chi connectivity index (χ3v) is 7.82. The van der Waals surface area contributed by atoms with E-state index in [0.717, 1.165) is 67.8 Å². The summed E-state index contributed by atoms with van der Waals surface area (Å²) in [6.45, 7) is 0. The molecule has 3 fully saturated rings. The normalized spacial score (nSPS) is 29.2. The van der Waals surface area contributed by atoms with Crippen LogP contribution in [0.4, 0.5) is 26.3 Å². The van der Waals surface area contributed by atoms with Crippen molar-refractivity contribution in [3.8, 4) is 0 Å². The Morgan fingerprint density at radius 2 is 0.972 bits per heavy atom. The standard InChI is InChI=1S/C26H22F6O4/c27-25(28,29)15-8-4-13(5-9-15)23(33)35-21-19-12-20(18-3-1-2-17(18)19)22(21)36-24(34)14-6-10-16(11-7-14)26(30,31)32/h4-11,17-22H,1-3,12H2. The van der Waals surface area contributed by atoms with Crippen molar-refractivity contribution in [2.45, 2.75) is 50.2 Å². The van der Waals surface area contributed by atoms with Crippen molar-refractivity contribution in [1.29, 1.82) is 0 Å². The topological polar surface area (TPSA) is 52.6 Å². The highest BCUT2D eigenvalue weighted by atomic mass is 19.4. The monoisotopic (exact) mass is 512 g/mol. The summed E-state index contributed by atoms with van der Waals surface area (Å²) in [5.41, 5.74) is -1.89. The molecule has 0 radical (unpaired) electrons. The quantitative estimate of drug-likeness (QED) is 0.345. The lowest BCUT2D eigenvalue weighted by atomic mass is 9.78. The molecule has 192 valence electrons. The van der Waals surface area contributed by atoms with Crippen LogP contribution in [0.1, 0.15) is 57.5 Å². The van der Waals surface area contributed by atoms with Crippen molar-refractivity contribution < 1.29 is 45.4 Å². The molecule has 6 atom stereocenters. The van der Waals surface area contributed by atoms with Crippen LogP contribution in [-0.4, -0.2) is 24.1 Å². The van der Waals surface area contributed by atoms with Gasteiger partial charge in [-0.2, -0.15) is 26.3 Å². The Bertz CT molecular complexity index is 1050. The number of fused-ring (bicyclic) bond motifs is 5. The van der Waals surface area contributed by atoms with Gasteiger partial charge < -0.3 is 9.47 Å². The molecule has 2 aromatic carbocycles. The van der Waals surface area contributed by atoms with Crippen LogP contribution in [0.25, 0.3) is 0 Å². The summed E-state index contributed by atoms with van der Waals surface area (Å²) < 4.78 is 88.5. The number of carbonyl (C=O) groups is 2. The molecule has 6 unspecified atom stereocenters. The third kappa shape index (κ3) is 4.46. The molecule has 0 saturated heterocycles. The summed E-state index contributed by atoms with van der Waals surface area (Å²) in [5, 5.41) is 0. The molecule has 0 N–H and O–H groups in total. The average molecular weight is 512 g/mol. The van der Waals surface area contributed by atoms with E-state index in [4.69, 9.17) is 9.47 Å². The maximum Gasteiger partial charge on any atom is 0.416 e. The van der Waals surface area contributed by atoms with E-state index in [1.165, 1.54) is 0 Å². The number of alkyl halides is 6. The van der Waals surface area contributed by atoms with Crippen LogP contribution < -0.4 is 0 Å². The minimum Gasteiger partial charge on any atom is -0.455 e. The largest absolute Gasteiger partial charge is 0.455 e. The number of ether oxygens (including phenoxy) is 2. The smallest absolute Gasteiger partial charge is 0.416 e. The number of benzene rings is 2. The minimum absolute atomic E-state index is 0.0497. The number of esters is 2. The fourth-order valence-corrected chi connectivity index (χ4v) is 6.27. The lowest BCUT2D eigenvalue weighted by molar-refractivity contribution is -0.138. The number of hydrogen-bond acceptors (Lipinski definition) is 4. The second kappa shape index (κ2) is 8.81. The van der Waals surface area contributed by atoms with E-state index in [1.54, 1.807) is 0 Å². The molecular formula is C26H22F6O4. The molecule has 0 spiro atoms. The zero-order valence-corrected chi connectivity index (χ0v) is 18.8. The van der Waals surface area contributed by atoms with Gasteiger partial charge >= 0.3 is 24.3 Å². The van der Waals surface area contributed by atoms with Crippen LogP contribution in [0.3, 0.4) is 0 Å². The molecule has 0 aliphatic heterocycles. The Labute approximate surface area is 202 Å². The van der Waals surface area contributed by atoms with Crippen molar-refractivity contribution in [3.63, 3.8) is 0 Å². The van der Waals surface area contributed by atoms with Gasteiger partial charge in [-0.05, 0) is 79.6 Å². The van der Waals surface area contributed by atoms with E-state index in [-0.39, 0.29) is 23.0 Å². The Hall–Kier alpha value is -3.04. The van der Waals surface area contributed by atoms with Crippen LogP contribution in [0.5, 0.6) is 0 Å². The van der Waals surface area contributed by atoms with Crippen molar-refractivity contribution in [2.75, 3.05) is 0 Å². The molecule has 2 aromatic rings. The average Bonchev–Trinajstić information content (AvgIpc) is 3.52. The maximum absolute atomic E-state index is 12.8. The van der Waals surface area contributed by atoms with Crippen LogP contribution >= 0.6 is 0 Å². The lowest BCUT2D eigenvalue weighted by Gasteiger charge is -2.37. The zero-order valence-electron chi connectivity index (χ0n) is 18.8. The first-order chi connectivity index (χ1) is 16.9. The SMILES string of the molecule is O=C(OC1C2CC(C3CCCC32)C1OC(=O)c1ccc(C(F)(F)F)cc1)c1ccc(C(F)(F)F)cc1. The Morgan fingerprint density at radius 3 is 1.31 bits per heavy atom. The molecule has 3 saturated carbocycles. The summed E-state index contributed by atoms with van der Waals surface area (Å²) in [7, 11) is 0. The summed E-state index contributed by atoms with van der Waals surface area (Å²) in [6.07, 6.45) is -7.03. The number of carbonyl (C=O) groups excluding carboxylic acids is 2. The summed E-state index contributed by atoms with van der Waals surface area (Å²) >= 11 is 0. The Morgan fingerprint density at radius 1 is 0.611 bits per heavy atom. The molecule has 3 aliphatic rings. The summed E-state index contributed by atoms with van der Waals surface area (Å²) in [5.74, 6) is -1.11. The molecule has 10 heteroatoms. The van der Waals surface area contributed by atoms with Crippen LogP contribution in [0.2, 0.25) is 0 Å². The molecule has 4 nitrogen and oxygen atoms in total. The van der Waals surface area contributed by atoms with Gasteiger partial charge in [0.25, 0.3) is 0 Å². The van der Waals surface area contributed by atoms with Gasteiger partial charge in [0.05, 0.1) is 22.3 Å². The zero-order chi connectivity index (χ0) is 25.8. The van der Waals surface area contributed by atoms with Crippen molar-refractivity contribution in [2.24, 2.45) is 23.7 Å². The van der Waals surface area contributed by atoms with Gasteiger partial charge in [-0.25, -0.2) is 9.59 Å². The van der Waals surface area contributed by atoms with Gasteiger partial charge in [-0.1, -0.05) is 6.42 Å². The summed E-state index contributed by atoms with van der Waals surface area (Å²) in [6, 6.07) is 7.36. The van der Waals surface area contributed by atoms with Gasteiger partial charge in [-0.3, -0.25) is 0 Å². The van der Waals surface area contributed by atoms with Crippen LogP contribution in [0.15, 0.2) is 48.5 Å².